The minimum Gasteiger partial charge on any atom is -0.356 e. The molecule has 3 rings (SSSR count). The van der Waals surface area contributed by atoms with Gasteiger partial charge < -0.3 is 10.2 Å². The quantitative estimate of drug-likeness (QED) is 0.888. The van der Waals surface area contributed by atoms with Gasteiger partial charge in [0, 0.05) is 30.6 Å². The molecular weight excluding hydrogens is 354 g/mol. The number of likely N-dealkylation sites (tertiary alicyclic amines) is 1. The Morgan fingerprint density at radius 2 is 1.88 bits per heavy atom. The molecule has 0 atom stereocenters. The second kappa shape index (κ2) is 7.86. The van der Waals surface area contributed by atoms with Crippen molar-refractivity contribution < 1.29 is 9.59 Å². The molecule has 1 N–H and O–H groups in total. The standard InChI is InChI=1S/C18H22ClN5O2/c1-3-20-17(25)13-8-10-23(11-9-13)18(26)16-21-12(2)24(22-16)15-6-4-14(19)5-7-15/h4-7,13H,3,8-11H2,1-2H3,(H,20,25). The van der Waals surface area contributed by atoms with Gasteiger partial charge >= 0.3 is 0 Å². The molecule has 138 valence electrons. The van der Waals surface area contributed by atoms with Crippen molar-refractivity contribution in [3.63, 3.8) is 0 Å². The van der Waals surface area contributed by atoms with Crippen LogP contribution in [0.1, 0.15) is 36.2 Å². The van der Waals surface area contributed by atoms with E-state index in [4.69, 9.17) is 11.6 Å². The Labute approximate surface area is 157 Å². The Balaban J connectivity index is 1.69. The van der Waals surface area contributed by atoms with Gasteiger partial charge in [0.05, 0.1) is 5.69 Å². The molecule has 8 heteroatoms. The third kappa shape index (κ3) is 3.88. The van der Waals surface area contributed by atoms with Crippen LogP contribution in [0.3, 0.4) is 0 Å². The van der Waals surface area contributed by atoms with E-state index in [0.717, 1.165) is 5.69 Å². The molecular formula is C18H22ClN5O2. The summed E-state index contributed by atoms with van der Waals surface area (Å²) >= 11 is 5.92. The van der Waals surface area contributed by atoms with Crippen LogP contribution in [0, 0.1) is 12.8 Å². The van der Waals surface area contributed by atoms with Crippen LogP contribution in [0.25, 0.3) is 5.69 Å². The number of amides is 2. The number of hydrogen-bond acceptors (Lipinski definition) is 4. The van der Waals surface area contributed by atoms with Crippen molar-refractivity contribution in [2.75, 3.05) is 19.6 Å². The summed E-state index contributed by atoms with van der Waals surface area (Å²) in [5, 5.41) is 7.84. The van der Waals surface area contributed by atoms with Crippen LogP contribution in [0.15, 0.2) is 24.3 Å². The predicted octanol–water partition coefficient (Wildman–Crippen LogP) is 2.22. The molecule has 1 aromatic heterocycles. The van der Waals surface area contributed by atoms with Gasteiger partial charge in [0.1, 0.15) is 5.82 Å². The number of nitrogens with zero attached hydrogens (tertiary/aromatic N) is 4. The number of aromatic nitrogens is 3. The summed E-state index contributed by atoms with van der Waals surface area (Å²) in [5.41, 5.74) is 0.799. The third-order valence-electron chi connectivity index (χ3n) is 4.54. The first-order chi connectivity index (χ1) is 12.5. The molecule has 7 nitrogen and oxygen atoms in total. The van der Waals surface area contributed by atoms with Crippen molar-refractivity contribution in [2.45, 2.75) is 26.7 Å². The first kappa shape index (κ1) is 18.4. The molecule has 0 unspecified atom stereocenters. The summed E-state index contributed by atoms with van der Waals surface area (Å²) in [6, 6.07) is 7.20. The zero-order valence-electron chi connectivity index (χ0n) is 14.9. The summed E-state index contributed by atoms with van der Waals surface area (Å²) in [5.74, 6) is 0.651. The number of piperidine rings is 1. The summed E-state index contributed by atoms with van der Waals surface area (Å²) < 4.78 is 1.63. The summed E-state index contributed by atoms with van der Waals surface area (Å²) in [7, 11) is 0. The molecule has 1 aromatic carbocycles. The second-order valence-electron chi connectivity index (χ2n) is 6.33. The van der Waals surface area contributed by atoms with Crippen LogP contribution in [0.5, 0.6) is 0 Å². The van der Waals surface area contributed by atoms with Gasteiger partial charge in [-0.05, 0) is 51.0 Å². The molecule has 26 heavy (non-hydrogen) atoms. The molecule has 1 saturated heterocycles. The monoisotopic (exact) mass is 375 g/mol. The van der Waals surface area contributed by atoms with Gasteiger partial charge in [-0.2, -0.15) is 0 Å². The summed E-state index contributed by atoms with van der Waals surface area (Å²) in [4.78, 5) is 30.7. The van der Waals surface area contributed by atoms with Crippen molar-refractivity contribution >= 4 is 23.4 Å². The molecule has 1 aliphatic heterocycles. The number of carbonyl (C=O) groups is 2. The van der Waals surface area contributed by atoms with Crippen LogP contribution < -0.4 is 5.32 Å². The lowest BCUT2D eigenvalue weighted by molar-refractivity contribution is -0.126. The lowest BCUT2D eigenvalue weighted by atomic mass is 9.96. The van der Waals surface area contributed by atoms with Crippen LogP contribution in [0.2, 0.25) is 5.02 Å². The Hall–Kier alpha value is -2.41. The number of hydrogen-bond donors (Lipinski definition) is 1. The van der Waals surface area contributed by atoms with Crippen molar-refractivity contribution in [3.8, 4) is 5.69 Å². The topological polar surface area (TPSA) is 80.1 Å². The van der Waals surface area contributed by atoms with Gasteiger partial charge in [0.2, 0.25) is 11.7 Å². The Bertz CT molecular complexity index is 794. The number of rotatable bonds is 4. The highest BCUT2D eigenvalue weighted by Gasteiger charge is 2.29. The molecule has 0 spiro atoms. The van der Waals surface area contributed by atoms with Crippen LogP contribution in [-0.2, 0) is 4.79 Å². The van der Waals surface area contributed by atoms with Crippen molar-refractivity contribution in [1.29, 1.82) is 0 Å². The molecule has 0 radical (unpaired) electrons. The highest BCUT2D eigenvalue weighted by Crippen LogP contribution is 2.19. The Morgan fingerprint density at radius 3 is 2.50 bits per heavy atom. The molecule has 2 amide bonds. The van der Waals surface area contributed by atoms with E-state index in [0.29, 0.717) is 43.3 Å². The molecule has 1 fully saturated rings. The molecule has 2 heterocycles. The van der Waals surface area contributed by atoms with Crippen LogP contribution in [0.4, 0.5) is 0 Å². The number of aryl methyl sites for hydroxylation is 1. The lowest BCUT2D eigenvalue weighted by Gasteiger charge is -2.30. The molecule has 0 aliphatic carbocycles. The Kier molecular flexibility index (Phi) is 5.56. The Morgan fingerprint density at radius 1 is 1.23 bits per heavy atom. The van der Waals surface area contributed by atoms with Gasteiger partial charge in [0.25, 0.3) is 5.91 Å². The largest absolute Gasteiger partial charge is 0.356 e. The molecule has 0 saturated carbocycles. The first-order valence-electron chi connectivity index (χ1n) is 8.76. The highest BCUT2D eigenvalue weighted by molar-refractivity contribution is 6.30. The minimum atomic E-state index is -0.199. The summed E-state index contributed by atoms with van der Waals surface area (Å²) in [6.07, 6.45) is 1.32. The maximum Gasteiger partial charge on any atom is 0.293 e. The zero-order chi connectivity index (χ0) is 18.7. The average molecular weight is 376 g/mol. The average Bonchev–Trinajstić information content (AvgIpc) is 3.04. The summed E-state index contributed by atoms with van der Waals surface area (Å²) in [6.45, 7) is 5.41. The van der Waals surface area contributed by atoms with Crippen molar-refractivity contribution in [2.24, 2.45) is 5.92 Å². The van der Waals surface area contributed by atoms with Crippen LogP contribution in [-0.4, -0.2) is 51.1 Å². The van der Waals surface area contributed by atoms with Crippen LogP contribution >= 0.6 is 11.6 Å². The normalized spacial score (nSPS) is 15.1. The number of halogens is 1. The first-order valence-corrected chi connectivity index (χ1v) is 9.14. The molecule has 2 aromatic rings. The van der Waals surface area contributed by atoms with E-state index in [1.54, 1.807) is 28.6 Å². The molecule has 0 bridgehead atoms. The van der Waals surface area contributed by atoms with Gasteiger partial charge in [-0.3, -0.25) is 9.59 Å². The van der Waals surface area contributed by atoms with E-state index in [1.807, 2.05) is 19.1 Å². The fourth-order valence-corrected chi connectivity index (χ4v) is 3.24. The van der Waals surface area contributed by atoms with Gasteiger partial charge in [-0.25, -0.2) is 9.67 Å². The number of nitrogens with one attached hydrogen (secondary N) is 1. The van der Waals surface area contributed by atoms with Gasteiger partial charge in [-0.1, -0.05) is 11.6 Å². The van der Waals surface area contributed by atoms with E-state index in [9.17, 15) is 9.59 Å². The second-order valence-corrected chi connectivity index (χ2v) is 6.77. The van der Waals surface area contributed by atoms with E-state index in [2.05, 4.69) is 15.4 Å². The SMILES string of the molecule is CCNC(=O)C1CCN(C(=O)c2nc(C)n(-c3ccc(Cl)cc3)n2)CC1. The fraction of sp³-hybridized carbons (Fsp3) is 0.444. The van der Waals surface area contributed by atoms with E-state index in [-0.39, 0.29) is 23.6 Å². The van der Waals surface area contributed by atoms with Crippen molar-refractivity contribution in [1.82, 2.24) is 25.0 Å². The number of carbonyl (C=O) groups excluding carboxylic acids is 2. The smallest absolute Gasteiger partial charge is 0.293 e. The van der Waals surface area contributed by atoms with Gasteiger partial charge in [0.15, 0.2) is 0 Å². The van der Waals surface area contributed by atoms with E-state index in [1.165, 1.54) is 0 Å². The predicted molar refractivity (Wildman–Crippen MR) is 98.4 cm³/mol. The minimum absolute atomic E-state index is 0.0275. The maximum absolute atomic E-state index is 12.7. The number of benzene rings is 1. The van der Waals surface area contributed by atoms with E-state index >= 15 is 0 Å². The third-order valence-corrected chi connectivity index (χ3v) is 4.79. The maximum atomic E-state index is 12.7. The zero-order valence-corrected chi connectivity index (χ0v) is 15.7. The van der Waals surface area contributed by atoms with Crippen molar-refractivity contribution in [3.05, 3.63) is 40.9 Å². The fourth-order valence-electron chi connectivity index (χ4n) is 3.11. The van der Waals surface area contributed by atoms with E-state index < -0.39 is 0 Å². The highest BCUT2D eigenvalue weighted by atomic mass is 35.5. The molecule has 1 aliphatic rings. The lowest BCUT2D eigenvalue weighted by Crippen LogP contribution is -2.43. The van der Waals surface area contributed by atoms with Gasteiger partial charge in [-0.15, -0.1) is 5.10 Å².